The Balaban J connectivity index is 2.47. The Labute approximate surface area is 100 Å². The van der Waals surface area contributed by atoms with Gasteiger partial charge in [0.15, 0.2) is 0 Å². The van der Waals surface area contributed by atoms with Crippen molar-refractivity contribution in [1.29, 1.82) is 0 Å². The minimum atomic E-state index is -0.236. The molecular formula is C13H16FN3. The third-order valence-corrected chi connectivity index (χ3v) is 2.69. The van der Waals surface area contributed by atoms with Crippen LogP contribution in [0.1, 0.15) is 18.9 Å². The summed E-state index contributed by atoms with van der Waals surface area (Å²) in [6.07, 6.45) is 2.66. The van der Waals surface area contributed by atoms with Gasteiger partial charge in [0.25, 0.3) is 0 Å². The van der Waals surface area contributed by atoms with Gasteiger partial charge in [-0.05, 0) is 30.2 Å². The van der Waals surface area contributed by atoms with Crippen molar-refractivity contribution in [2.45, 2.75) is 26.4 Å². The highest BCUT2D eigenvalue weighted by atomic mass is 19.1. The number of hydrogen-bond acceptors (Lipinski definition) is 2. The molecule has 0 aliphatic heterocycles. The predicted octanol–water partition coefficient (Wildman–Crippen LogP) is 2.56. The lowest BCUT2D eigenvalue weighted by atomic mass is 10.1. The lowest BCUT2D eigenvalue weighted by Gasteiger charge is -2.08. The minimum absolute atomic E-state index is 0.236. The summed E-state index contributed by atoms with van der Waals surface area (Å²) in [4.78, 5) is 0. The van der Waals surface area contributed by atoms with Crippen LogP contribution in [0.3, 0.4) is 0 Å². The molecule has 0 amide bonds. The second-order valence-electron chi connectivity index (χ2n) is 3.96. The Morgan fingerprint density at radius 2 is 2.18 bits per heavy atom. The number of nitrogens with two attached hydrogens (primary N) is 1. The number of nitrogens with zero attached hydrogens (tertiary/aromatic N) is 2. The molecule has 0 saturated carbocycles. The Bertz CT molecular complexity index is 505. The molecule has 0 bridgehead atoms. The SMILES string of the molecule is CCCn1nccc1-c1cc(CN)ccc1F. The van der Waals surface area contributed by atoms with Crippen molar-refractivity contribution in [3.05, 3.63) is 41.8 Å². The molecular weight excluding hydrogens is 217 g/mol. The molecule has 90 valence electrons. The topological polar surface area (TPSA) is 43.8 Å². The van der Waals surface area contributed by atoms with Crippen molar-refractivity contribution >= 4 is 0 Å². The monoisotopic (exact) mass is 233 g/mol. The quantitative estimate of drug-likeness (QED) is 0.882. The van der Waals surface area contributed by atoms with Crippen molar-refractivity contribution in [2.75, 3.05) is 0 Å². The molecule has 0 radical (unpaired) electrons. The van der Waals surface area contributed by atoms with Gasteiger partial charge in [0, 0.05) is 24.8 Å². The highest BCUT2D eigenvalue weighted by Gasteiger charge is 2.10. The highest BCUT2D eigenvalue weighted by molar-refractivity contribution is 5.61. The molecule has 2 rings (SSSR count). The van der Waals surface area contributed by atoms with E-state index in [1.807, 2.05) is 10.7 Å². The first kappa shape index (κ1) is 11.8. The number of aryl methyl sites for hydroxylation is 1. The molecule has 17 heavy (non-hydrogen) atoms. The summed E-state index contributed by atoms with van der Waals surface area (Å²) in [5.41, 5.74) is 7.87. The Morgan fingerprint density at radius 3 is 2.88 bits per heavy atom. The van der Waals surface area contributed by atoms with E-state index in [2.05, 4.69) is 12.0 Å². The van der Waals surface area contributed by atoms with Crippen LogP contribution < -0.4 is 5.73 Å². The van der Waals surface area contributed by atoms with Crippen molar-refractivity contribution in [2.24, 2.45) is 5.73 Å². The largest absolute Gasteiger partial charge is 0.326 e. The third-order valence-electron chi connectivity index (χ3n) is 2.69. The summed E-state index contributed by atoms with van der Waals surface area (Å²) in [5, 5.41) is 4.20. The van der Waals surface area contributed by atoms with E-state index >= 15 is 0 Å². The zero-order valence-corrected chi connectivity index (χ0v) is 9.86. The van der Waals surface area contributed by atoms with Crippen LogP contribution in [-0.2, 0) is 13.1 Å². The Morgan fingerprint density at radius 1 is 1.35 bits per heavy atom. The molecule has 0 saturated heterocycles. The van der Waals surface area contributed by atoms with Crippen LogP contribution in [0, 0.1) is 5.82 Å². The number of halogens is 1. The minimum Gasteiger partial charge on any atom is -0.326 e. The second kappa shape index (κ2) is 5.10. The summed E-state index contributed by atoms with van der Waals surface area (Å²) in [6.45, 7) is 3.27. The van der Waals surface area contributed by atoms with Crippen LogP contribution in [0.25, 0.3) is 11.3 Å². The summed E-state index contributed by atoms with van der Waals surface area (Å²) in [7, 11) is 0. The molecule has 3 nitrogen and oxygen atoms in total. The molecule has 0 atom stereocenters. The van der Waals surface area contributed by atoms with E-state index in [4.69, 9.17) is 5.73 Å². The average Bonchev–Trinajstić information content (AvgIpc) is 2.78. The van der Waals surface area contributed by atoms with Gasteiger partial charge in [0.1, 0.15) is 5.82 Å². The van der Waals surface area contributed by atoms with Crippen LogP contribution >= 0.6 is 0 Å². The molecule has 2 aromatic rings. The van der Waals surface area contributed by atoms with Crippen LogP contribution in [0.15, 0.2) is 30.5 Å². The molecule has 0 aliphatic carbocycles. The summed E-state index contributed by atoms with van der Waals surface area (Å²) >= 11 is 0. The molecule has 0 fully saturated rings. The lowest BCUT2D eigenvalue weighted by Crippen LogP contribution is -2.03. The first-order valence-electron chi connectivity index (χ1n) is 5.77. The standard InChI is InChI=1S/C13H16FN3/c1-2-7-17-13(5-6-16-17)11-8-10(9-15)3-4-12(11)14/h3-6,8H,2,7,9,15H2,1H3. The van der Waals surface area contributed by atoms with Gasteiger partial charge in [-0.15, -0.1) is 0 Å². The zero-order valence-electron chi connectivity index (χ0n) is 9.86. The fourth-order valence-corrected chi connectivity index (χ4v) is 1.85. The number of hydrogen-bond donors (Lipinski definition) is 1. The van der Waals surface area contributed by atoms with E-state index in [9.17, 15) is 4.39 Å². The normalized spacial score (nSPS) is 10.8. The third kappa shape index (κ3) is 2.36. The van der Waals surface area contributed by atoms with Gasteiger partial charge in [-0.2, -0.15) is 5.10 Å². The number of rotatable bonds is 4. The van der Waals surface area contributed by atoms with Crippen LogP contribution in [0.5, 0.6) is 0 Å². The van der Waals surface area contributed by atoms with E-state index in [0.717, 1.165) is 24.2 Å². The van der Waals surface area contributed by atoms with Gasteiger partial charge in [-0.1, -0.05) is 13.0 Å². The summed E-state index contributed by atoms with van der Waals surface area (Å²) in [6, 6.07) is 6.78. The molecule has 0 aliphatic rings. The fraction of sp³-hybridized carbons (Fsp3) is 0.308. The van der Waals surface area contributed by atoms with Crippen molar-refractivity contribution < 1.29 is 4.39 Å². The number of aromatic nitrogens is 2. The molecule has 1 heterocycles. The van der Waals surface area contributed by atoms with Gasteiger partial charge >= 0.3 is 0 Å². The van der Waals surface area contributed by atoms with Crippen LogP contribution in [-0.4, -0.2) is 9.78 Å². The average molecular weight is 233 g/mol. The maximum absolute atomic E-state index is 13.8. The van der Waals surface area contributed by atoms with Gasteiger partial charge < -0.3 is 5.73 Å². The Kier molecular flexibility index (Phi) is 3.54. The molecule has 0 unspecified atom stereocenters. The summed E-state index contributed by atoms with van der Waals surface area (Å²) < 4.78 is 15.6. The molecule has 0 spiro atoms. The van der Waals surface area contributed by atoms with Gasteiger partial charge in [0.2, 0.25) is 0 Å². The fourth-order valence-electron chi connectivity index (χ4n) is 1.85. The molecule has 2 N–H and O–H groups in total. The van der Waals surface area contributed by atoms with Crippen LogP contribution in [0.2, 0.25) is 0 Å². The molecule has 1 aromatic carbocycles. The second-order valence-corrected chi connectivity index (χ2v) is 3.96. The van der Waals surface area contributed by atoms with Gasteiger partial charge in [-0.3, -0.25) is 4.68 Å². The van der Waals surface area contributed by atoms with Gasteiger partial charge in [-0.25, -0.2) is 4.39 Å². The van der Waals surface area contributed by atoms with Crippen molar-refractivity contribution in [3.63, 3.8) is 0 Å². The molecule has 1 aromatic heterocycles. The predicted molar refractivity (Wildman–Crippen MR) is 65.8 cm³/mol. The smallest absolute Gasteiger partial charge is 0.132 e. The van der Waals surface area contributed by atoms with Crippen molar-refractivity contribution in [3.8, 4) is 11.3 Å². The van der Waals surface area contributed by atoms with Crippen LogP contribution in [0.4, 0.5) is 4.39 Å². The van der Waals surface area contributed by atoms with E-state index in [0.29, 0.717) is 12.1 Å². The maximum Gasteiger partial charge on any atom is 0.132 e. The maximum atomic E-state index is 13.8. The zero-order chi connectivity index (χ0) is 12.3. The highest BCUT2D eigenvalue weighted by Crippen LogP contribution is 2.24. The number of benzene rings is 1. The van der Waals surface area contributed by atoms with E-state index in [1.165, 1.54) is 6.07 Å². The first-order valence-corrected chi connectivity index (χ1v) is 5.77. The van der Waals surface area contributed by atoms with Crippen molar-refractivity contribution in [1.82, 2.24) is 9.78 Å². The van der Waals surface area contributed by atoms with Gasteiger partial charge in [0.05, 0.1) is 5.69 Å². The lowest BCUT2D eigenvalue weighted by molar-refractivity contribution is 0.597. The molecule has 4 heteroatoms. The van der Waals surface area contributed by atoms with E-state index < -0.39 is 0 Å². The van der Waals surface area contributed by atoms with E-state index in [1.54, 1.807) is 18.3 Å². The van der Waals surface area contributed by atoms with E-state index in [-0.39, 0.29) is 5.82 Å². The summed E-state index contributed by atoms with van der Waals surface area (Å²) in [5.74, 6) is -0.236. The Hall–Kier alpha value is -1.68. The first-order chi connectivity index (χ1) is 8.26.